The summed E-state index contributed by atoms with van der Waals surface area (Å²) in [7, 11) is 0. The molecule has 2 aliphatic rings. The fraction of sp³-hybridized carbons (Fsp3) is 0.296. The van der Waals surface area contributed by atoms with Crippen molar-refractivity contribution < 1.29 is 9.59 Å². The van der Waals surface area contributed by atoms with Gasteiger partial charge < -0.3 is 4.90 Å². The molecule has 6 nitrogen and oxygen atoms in total. The fourth-order valence-corrected chi connectivity index (χ4v) is 4.95. The van der Waals surface area contributed by atoms with Crippen LogP contribution in [0, 0.1) is 11.3 Å². The minimum atomic E-state index is -0.186. The number of hydrogen-bond acceptors (Lipinski definition) is 5. The van der Waals surface area contributed by atoms with Crippen LogP contribution in [0.15, 0.2) is 60.7 Å². The number of piperazine rings is 1. The molecule has 0 saturated carbocycles. The van der Waals surface area contributed by atoms with Gasteiger partial charge in [0.2, 0.25) is 0 Å². The molecule has 0 atom stereocenters. The van der Waals surface area contributed by atoms with Gasteiger partial charge in [-0.2, -0.15) is 5.26 Å². The number of amides is 2. The maximum absolute atomic E-state index is 13.0. The predicted octanol–water partition coefficient (Wildman–Crippen LogP) is 3.91. The number of nitrogens with zero attached hydrogens (tertiary/aromatic N) is 4. The zero-order chi connectivity index (χ0) is 22.8. The molecule has 0 aromatic heterocycles. The van der Waals surface area contributed by atoms with Crippen molar-refractivity contribution in [3.63, 3.8) is 0 Å². The Bertz CT molecular complexity index is 1200. The van der Waals surface area contributed by atoms with Gasteiger partial charge in [-0.15, -0.1) is 0 Å². The van der Waals surface area contributed by atoms with E-state index in [1.807, 2.05) is 60.7 Å². The number of rotatable bonds is 6. The second-order valence-corrected chi connectivity index (χ2v) is 8.64. The molecule has 2 aliphatic heterocycles. The average molecular weight is 439 g/mol. The summed E-state index contributed by atoms with van der Waals surface area (Å²) in [5.41, 5.74) is 2.98. The third kappa shape index (κ3) is 3.96. The second-order valence-electron chi connectivity index (χ2n) is 8.64. The van der Waals surface area contributed by atoms with Crippen LogP contribution in [0.2, 0.25) is 0 Å². The molecule has 5 rings (SSSR count). The smallest absolute Gasteiger partial charge is 0.261 e. The monoisotopic (exact) mass is 438 g/mol. The topological polar surface area (TPSA) is 67.7 Å². The molecule has 3 aromatic rings. The van der Waals surface area contributed by atoms with Gasteiger partial charge in [0.15, 0.2) is 0 Å². The first-order valence-corrected chi connectivity index (χ1v) is 11.5. The van der Waals surface area contributed by atoms with Gasteiger partial charge in [0, 0.05) is 49.2 Å². The minimum Gasteiger partial charge on any atom is -0.368 e. The van der Waals surface area contributed by atoms with Gasteiger partial charge in [-0.05, 0) is 49.0 Å². The lowest BCUT2D eigenvalue weighted by atomic mass is 9.94. The molecule has 0 unspecified atom stereocenters. The number of imide groups is 1. The second kappa shape index (κ2) is 9.05. The predicted molar refractivity (Wildman–Crippen MR) is 128 cm³/mol. The summed E-state index contributed by atoms with van der Waals surface area (Å²) < 4.78 is 0. The summed E-state index contributed by atoms with van der Waals surface area (Å²) in [6, 6.07) is 21.3. The van der Waals surface area contributed by atoms with Crippen LogP contribution in [0.5, 0.6) is 0 Å². The number of carbonyl (C=O) groups excluding carboxylic acids is 2. The number of carbonyl (C=O) groups is 2. The summed E-state index contributed by atoms with van der Waals surface area (Å²) in [5, 5.41) is 11.1. The molecule has 2 amide bonds. The number of unbranched alkanes of at least 4 members (excludes halogenated alkanes) is 1. The van der Waals surface area contributed by atoms with Crippen molar-refractivity contribution in [2.45, 2.75) is 12.8 Å². The van der Waals surface area contributed by atoms with E-state index in [0.29, 0.717) is 17.7 Å². The minimum absolute atomic E-state index is 0.186. The van der Waals surface area contributed by atoms with Crippen molar-refractivity contribution in [2.24, 2.45) is 0 Å². The maximum Gasteiger partial charge on any atom is 0.261 e. The van der Waals surface area contributed by atoms with E-state index >= 15 is 0 Å². The Morgan fingerprint density at radius 3 is 2.06 bits per heavy atom. The Morgan fingerprint density at radius 1 is 0.758 bits per heavy atom. The Hall–Kier alpha value is -3.69. The van der Waals surface area contributed by atoms with Gasteiger partial charge in [0.1, 0.15) is 6.07 Å². The van der Waals surface area contributed by atoms with E-state index in [2.05, 4.69) is 15.9 Å². The van der Waals surface area contributed by atoms with Gasteiger partial charge in [0.25, 0.3) is 11.8 Å². The highest BCUT2D eigenvalue weighted by atomic mass is 16.2. The van der Waals surface area contributed by atoms with E-state index in [1.165, 1.54) is 4.90 Å². The highest BCUT2D eigenvalue weighted by molar-refractivity contribution is 6.25. The van der Waals surface area contributed by atoms with E-state index in [-0.39, 0.29) is 11.8 Å². The molecule has 166 valence electrons. The van der Waals surface area contributed by atoms with E-state index in [4.69, 9.17) is 0 Å². The molecule has 1 saturated heterocycles. The SMILES string of the molecule is N#Cc1ccccc1N1CCN(CCCCN2C(=O)c3cccc4cccc(c34)C2=O)CC1. The van der Waals surface area contributed by atoms with Gasteiger partial charge in [0.05, 0.1) is 11.3 Å². The quantitative estimate of drug-likeness (QED) is 0.431. The van der Waals surface area contributed by atoms with Crippen molar-refractivity contribution in [3.8, 4) is 6.07 Å². The molecule has 0 bridgehead atoms. The summed E-state index contributed by atoms with van der Waals surface area (Å²) in [4.78, 5) is 32.1. The van der Waals surface area contributed by atoms with E-state index in [1.54, 1.807) is 0 Å². The fourth-order valence-electron chi connectivity index (χ4n) is 4.95. The normalized spacial score (nSPS) is 16.3. The van der Waals surface area contributed by atoms with Crippen LogP contribution >= 0.6 is 0 Å². The Kier molecular flexibility index (Phi) is 5.80. The van der Waals surface area contributed by atoms with Crippen LogP contribution < -0.4 is 4.90 Å². The zero-order valence-electron chi connectivity index (χ0n) is 18.5. The molecule has 2 heterocycles. The summed E-state index contributed by atoms with van der Waals surface area (Å²) in [5.74, 6) is -0.372. The maximum atomic E-state index is 13.0. The summed E-state index contributed by atoms with van der Waals surface area (Å²) >= 11 is 0. The first-order valence-electron chi connectivity index (χ1n) is 11.5. The van der Waals surface area contributed by atoms with Crippen molar-refractivity contribution in [1.82, 2.24) is 9.80 Å². The van der Waals surface area contributed by atoms with Gasteiger partial charge in [-0.25, -0.2) is 0 Å². The Balaban J connectivity index is 1.14. The van der Waals surface area contributed by atoms with Crippen LogP contribution in [-0.4, -0.2) is 60.9 Å². The average Bonchev–Trinajstić information content (AvgIpc) is 2.87. The molecule has 0 spiro atoms. The van der Waals surface area contributed by atoms with E-state index in [9.17, 15) is 14.9 Å². The Morgan fingerprint density at radius 2 is 1.39 bits per heavy atom. The third-order valence-corrected chi connectivity index (χ3v) is 6.70. The highest BCUT2D eigenvalue weighted by Gasteiger charge is 2.32. The van der Waals surface area contributed by atoms with Gasteiger partial charge in [-0.3, -0.25) is 19.4 Å². The molecular formula is C27H26N4O2. The van der Waals surface area contributed by atoms with Crippen LogP contribution in [0.4, 0.5) is 5.69 Å². The first-order chi connectivity index (χ1) is 16.2. The van der Waals surface area contributed by atoms with Crippen molar-refractivity contribution in [2.75, 3.05) is 44.2 Å². The molecular weight excluding hydrogens is 412 g/mol. The molecule has 0 N–H and O–H groups in total. The van der Waals surface area contributed by atoms with Gasteiger partial charge >= 0.3 is 0 Å². The van der Waals surface area contributed by atoms with Gasteiger partial charge in [-0.1, -0.05) is 36.4 Å². The number of nitriles is 1. The highest BCUT2D eigenvalue weighted by Crippen LogP contribution is 2.30. The van der Waals surface area contributed by atoms with E-state index in [0.717, 1.165) is 67.6 Å². The summed E-state index contributed by atoms with van der Waals surface area (Å²) in [6.07, 6.45) is 1.71. The third-order valence-electron chi connectivity index (χ3n) is 6.70. The van der Waals surface area contributed by atoms with Crippen molar-refractivity contribution in [3.05, 3.63) is 77.4 Å². The largest absolute Gasteiger partial charge is 0.368 e. The lowest BCUT2D eigenvalue weighted by Gasteiger charge is -2.36. The lowest BCUT2D eigenvalue weighted by Crippen LogP contribution is -2.47. The van der Waals surface area contributed by atoms with Crippen LogP contribution in [0.25, 0.3) is 10.8 Å². The number of anilines is 1. The van der Waals surface area contributed by atoms with E-state index < -0.39 is 0 Å². The Labute approximate surface area is 193 Å². The van der Waals surface area contributed by atoms with Crippen LogP contribution in [0.1, 0.15) is 39.1 Å². The van der Waals surface area contributed by atoms with Crippen LogP contribution in [0.3, 0.4) is 0 Å². The molecule has 0 radical (unpaired) electrons. The lowest BCUT2D eigenvalue weighted by molar-refractivity contribution is 0.0606. The number of hydrogen-bond donors (Lipinski definition) is 0. The standard InChI is InChI=1S/C27H26N4O2/c28-19-21-7-1-2-12-24(21)30-17-15-29(16-18-30)13-3-4-14-31-26(32)22-10-5-8-20-9-6-11-23(25(20)22)27(31)33/h1-2,5-12H,3-4,13-18H2. The number of para-hydroxylation sites is 1. The van der Waals surface area contributed by atoms with Crippen molar-refractivity contribution in [1.29, 1.82) is 5.26 Å². The molecule has 3 aromatic carbocycles. The van der Waals surface area contributed by atoms with Crippen LogP contribution in [-0.2, 0) is 0 Å². The molecule has 6 heteroatoms. The number of benzene rings is 3. The summed E-state index contributed by atoms with van der Waals surface area (Å²) in [6.45, 7) is 5.05. The first kappa shape index (κ1) is 21.2. The molecule has 0 aliphatic carbocycles. The van der Waals surface area contributed by atoms with Crippen molar-refractivity contribution >= 4 is 28.3 Å². The zero-order valence-corrected chi connectivity index (χ0v) is 18.5. The molecule has 33 heavy (non-hydrogen) atoms. The molecule has 1 fully saturated rings.